The molecule has 0 atom stereocenters. The fourth-order valence-electron chi connectivity index (χ4n) is 2.17. The molecule has 0 unspecified atom stereocenters. The van der Waals surface area contributed by atoms with E-state index in [0.717, 1.165) is 11.1 Å². The van der Waals surface area contributed by atoms with Gasteiger partial charge in [-0.1, -0.05) is 42.5 Å². The monoisotopic (exact) mass is 299 g/mol. The minimum absolute atomic E-state index is 0.0733. The average Bonchev–Trinajstić information content (AvgIpc) is 2.53. The molecule has 0 aliphatic carbocycles. The molecule has 0 bridgehead atoms. The van der Waals surface area contributed by atoms with Crippen LogP contribution in [0.25, 0.3) is 5.57 Å². The molecule has 0 aliphatic rings. The number of rotatable bonds is 5. The van der Waals surface area contributed by atoms with Crippen molar-refractivity contribution in [3.63, 3.8) is 0 Å². The summed E-state index contributed by atoms with van der Waals surface area (Å²) in [4.78, 5) is 11.9. The lowest BCUT2D eigenvalue weighted by atomic mass is 10.1. The Morgan fingerprint density at radius 1 is 1.14 bits per heavy atom. The number of nitrogens with one attached hydrogen (secondary N) is 1. The van der Waals surface area contributed by atoms with Crippen LogP contribution in [0.2, 0.25) is 0 Å². The second-order valence-corrected chi connectivity index (χ2v) is 4.95. The molecule has 0 spiro atoms. The van der Waals surface area contributed by atoms with Gasteiger partial charge in [-0.2, -0.15) is 0 Å². The van der Waals surface area contributed by atoms with Gasteiger partial charge in [0.1, 0.15) is 5.82 Å². The Hall–Kier alpha value is -2.46. The summed E-state index contributed by atoms with van der Waals surface area (Å²) in [5.41, 5.74) is 2.60. The van der Waals surface area contributed by atoms with E-state index in [-0.39, 0.29) is 18.3 Å². The van der Waals surface area contributed by atoms with Crippen molar-refractivity contribution in [2.24, 2.45) is 0 Å². The number of hydrogen-bond acceptors (Lipinski definition) is 2. The lowest BCUT2D eigenvalue weighted by molar-refractivity contribution is -0.116. The van der Waals surface area contributed by atoms with Crippen LogP contribution in [0, 0.1) is 5.82 Å². The summed E-state index contributed by atoms with van der Waals surface area (Å²) in [5, 5.41) is 12.0. The van der Waals surface area contributed by atoms with Gasteiger partial charge in [0.15, 0.2) is 0 Å². The SMILES string of the molecule is C/C(=C/C(=O)NCc1ccccc1CO)c1ccccc1F. The Balaban J connectivity index is 2.04. The lowest BCUT2D eigenvalue weighted by Gasteiger charge is -2.08. The molecule has 114 valence electrons. The molecule has 2 aromatic carbocycles. The molecule has 22 heavy (non-hydrogen) atoms. The number of aliphatic hydroxyl groups excluding tert-OH is 1. The van der Waals surface area contributed by atoms with E-state index in [1.165, 1.54) is 12.1 Å². The molecule has 0 radical (unpaired) electrons. The van der Waals surface area contributed by atoms with Crippen molar-refractivity contribution < 1.29 is 14.3 Å². The van der Waals surface area contributed by atoms with Crippen LogP contribution in [-0.2, 0) is 17.9 Å². The van der Waals surface area contributed by atoms with Gasteiger partial charge in [0.2, 0.25) is 5.91 Å². The zero-order chi connectivity index (χ0) is 15.9. The van der Waals surface area contributed by atoms with Crippen LogP contribution < -0.4 is 5.32 Å². The Morgan fingerprint density at radius 2 is 1.77 bits per heavy atom. The molecule has 1 amide bonds. The number of aliphatic hydroxyl groups is 1. The van der Waals surface area contributed by atoms with Crippen molar-refractivity contribution in [1.82, 2.24) is 5.32 Å². The number of carbonyl (C=O) groups is 1. The van der Waals surface area contributed by atoms with Gasteiger partial charge in [0, 0.05) is 18.2 Å². The number of halogens is 1. The van der Waals surface area contributed by atoms with Gasteiger partial charge >= 0.3 is 0 Å². The highest BCUT2D eigenvalue weighted by atomic mass is 19.1. The van der Waals surface area contributed by atoms with Gasteiger partial charge in [-0.05, 0) is 29.7 Å². The van der Waals surface area contributed by atoms with Crippen LogP contribution in [0.5, 0.6) is 0 Å². The van der Waals surface area contributed by atoms with E-state index in [1.807, 2.05) is 24.3 Å². The maximum absolute atomic E-state index is 13.6. The molecule has 2 aromatic rings. The molecule has 0 fully saturated rings. The van der Waals surface area contributed by atoms with Gasteiger partial charge in [-0.15, -0.1) is 0 Å². The molecule has 0 saturated heterocycles. The predicted molar refractivity (Wildman–Crippen MR) is 84.3 cm³/mol. The standard InChI is InChI=1S/C18H18FNO2/c1-13(16-8-4-5-9-17(16)19)10-18(22)20-11-14-6-2-3-7-15(14)12-21/h2-10,21H,11-12H2,1H3,(H,20,22)/b13-10-. The first-order valence-corrected chi connectivity index (χ1v) is 7.00. The van der Waals surface area contributed by atoms with E-state index in [9.17, 15) is 14.3 Å². The predicted octanol–water partition coefficient (Wildman–Crippen LogP) is 3.04. The number of allylic oxidation sites excluding steroid dienone is 1. The number of hydrogen-bond donors (Lipinski definition) is 2. The maximum Gasteiger partial charge on any atom is 0.244 e. The van der Waals surface area contributed by atoms with Gasteiger partial charge in [-0.3, -0.25) is 4.79 Å². The van der Waals surface area contributed by atoms with Crippen LogP contribution in [-0.4, -0.2) is 11.0 Å². The number of amides is 1. The van der Waals surface area contributed by atoms with Gasteiger partial charge < -0.3 is 10.4 Å². The van der Waals surface area contributed by atoms with Crippen molar-refractivity contribution in [2.75, 3.05) is 0 Å². The molecule has 2 N–H and O–H groups in total. The second-order valence-electron chi connectivity index (χ2n) is 4.95. The first-order chi connectivity index (χ1) is 10.6. The highest BCUT2D eigenvalue weighted by Crippen LogP contribution is 2.17. The largest absolute Gasteiger partial charge is 0.392 e. The molecule has 2 rings (SSSR count). The third-order valence-corrected chi connectivity index (χ3v) is 3.39. The summed E-state index contributed by atoms with van der Waals surface area (Å²) in [5.74, 6) is -0.650. The second kappa shape index (κ2) is 7.52. The molecule has 3 nitrogen and oxygen atoms in total. The molecule has 0 saturated carbocycles. The maximum atomic E-state index is 13.6. The van der Waals surface area contributed by atoms with E-state index in [1.54, 1.807) is 25.1 Å². The van der Waals surface area contributed by atoms with E-state index < -0.39 is 0 Å². The molecular formula is C18H18FNO2. The summed E-state index contributed by atoms with van der Waals surface area (Å²) in [6, 6.07) is 13.7. The molecular weight excluding hydrogens is 281 g/mol. The third-order valence-electron chi connectivity index (χ3n) is 3.39. The molecule has 0 heterocycles. The molecule has 4 heteroatoms. The minimum atomic E-state index is -0.352. The third kappa shape index (κ3) is 4.02. The highest BCUT2D eigenvalue weighted by Gasteiger charge is 2.06. The van der Waals surface area contributed by atoms with Gasteiger partial charge in [0.05, 0.1) is 6.61 Å². The summed E-state index contributed by atoms with van der Waals surface area (Å²) < 4.78 is 13.6. The van der Waals surface area contributed by atoms with Crippen molar-refractivity contribution in [1.29, 1.82) is 0 Å². The van der Waals surface area contributed by atoms with Crippen molar-refractivity contribution >= 4 is 11.5 Å². The van der Waals surface area contributed by atoms with E-state index in [4.69, 9.17) is 0 Å². The summed E-state index contributed by atoms with van der Waals surface area (Å²) in [7, 11) is 0. The lowest BCUT2D eigenvalue weighted by Crippen LogP contribution is -2.21. The van der Waals surface area contributed by atoms with Crippen molar-refractivity contribution in [3.8, 4) is 0 Å². The van der Waals surface area contributed by atoms with Crippen LogP contribution in [0.1, 0.15) is 23.6 Å². The van der Waals surface area contributed by atoms with Crippen molar-refractivity contribution in [3.05, 3.63) is 77.1 Å². The number of benzene rings is 2. The van der Waals surface area contributed by atoms with E-state index in [0.29, 0.717) is 17.7 Å². The molecule has 0 aromatic heterocycles. The van der Waals surface area contributed by atoms with Gasteiger partial charge in [-0.25, -0.2) is 4.39 Å². The topological polar surface area (TPSA) is 49.3 Å². The minimum Gasteiger partial charge on any atom is -0.392 e. The van der Waals surface area contributed by atoms with Gasteiger partial charge in [0.25, 0.3) is 0 Å². The highest BCUT2D eigenvalue weighted by molar-refractivity contribution is 5.94. The first kappa shape index (κ1) is 15.9. The Labute approximate surface area is 129 Å². The zero-order valence-corrected chi connectivity index (χ0v) is 12.3. The smallest absolute Gasteiger partial charge is 0.244 e. The summed E-state index contributed by atoms with van der Waals surface area (Å²) >= 11 is 0. The summed E-state index contributed by atoms with van der Waals surface area (Å²) in [6.45, 7) is 1.94. The quantitative estimate of drug-likeness (QED) is 0.834. The van der Waals surface area contributed by atoms with Crippen LogP contribution in [0.15, 0.2) is 54.6 Å². The van der Waals surface area contributed by atoms with Crippen LogP contribution in [0.3, 0.4) is 0 Å². The van der Waals surface area contributed by atoms with Crippen molar-refractivity contribution in [2.45, 2.75) is 20.1 Å². The summed E-state index contributed by atoms with van der Waals surface area (Å²) in [6.07, 6.45) is 1.37. The first-order valence-electron chi connectivity index (χ1n) is 7.00. The van der Waals surface area contributed by atoms with Crippen LogP contribution >= 0.6 is 0 Å². The van der Waals surface area contributed by atoms with Crippen LogP contribution in [0.4, 0.5) is 4.39 Å². The Morgan fingerprint density at radius 3 is 2.45 bits per heavy atom. The molecule has 0 aliphatic heterocycles. The Kier molecular flexibility index (Phi) is 5.44. The average molecular weight is 299 g/mol. The zero-order valence-electron chi connectivity index (χ0n) is 12.3. The number of carbonyl (C=O) groups excluding carboxylic acids is 1. The fourth-order valence-corrected chi connectivity index (χ4v) is 2.17. The van der Waals surface area contributed by atoms with E-state index in [2.05, 4.69) is 5.32 Å². The Bertz CT molecular complexity index is 695. The fraction of sp³-hybridized carbons (Fsp3) is 0.167. The van der Waals surface area contributed by atoms with E-state index >= 15 is 0 Å². The normalized spacial score (nSPS) is 11.3.